The number of aromatic nitrogens is 1. The molecule has 2 N–H and O–H groups in total. The van der Waals surface area contributed by atoms with Crippen LogP contribution >= 0.6 is 15.9 Å². The first-order chi connectivity index (χ1) is 12.6. The number of anilines is 1. The molecule has 2 aromatic carbocycles. The van der Waals surface area contributed by atoms with E-state index in [0.717, 1.165) is 11.1 Å². The van der Waals surface area contributed by atoms with Crippen LogP contribution in [0, 0.1) is 0 Å². The van der Waals surface area contributed by atoms with Crippen molar-refractivity contribution in [3.8, 4) is 0 Å². The van der Waals surface area contributed by atoms with E-state index in [1.807, 2.05) is 60.7 Å². The van der Waals surface area contributed by atoms with Crippen LogP contribution in [0.3, 0.4) is 0 Å². The highest BCUT2D eigenvalue weighted by Gasteiger charge is 2.16. The average molecular weight is 413 g/mol. The molecule has 1 amide bonds. The predicted octanol–water partition coefficient (Wildman–Crippen LogP) is 3.88. The molecule has 26 heavy (non-hydrogen) atoms. The van der Waals surface area contributed by atoms with Gasteiger partial charge in [0.05, 0.1) is 0 Å². The van der Waals surface area contributed by atoms with E-state index in [2.05, 4.69) is 26.2 Å². The predicted molar refractivity (Wildman–Crippen MR) is 104 cm³/mol. The molecule has 0 aliphatic carbocycles. The Bertz CT molecular complexity index is 887. The van der Waals surface area contributed by atoms with Gasteiger partial charge in [0.2, 0.25) is 0 Å². The summed E-state index contributed by atoms with van der Waals surface area (Å²) in [5.74, 6) is -0.398. The van der Waals surface area contributed by atoms with E-state index >= 15 is 0 Å². The molecule has 6 heteroatoms. The molecule has 1 heterocycles. The van der Waals surface area contributed by atoms with Gasteiger partial charge in [-0.2, -0.15) is 0 Å². The van der Waals surface area contributed by atoms with E-state index in [9.17, 15) is 9.59 Å². The third-order valence-corrected chi connectivity index (χ3v) is 4.19. The van der Waals surface area contributed by atoms with E-state index in [1.54, 1.807) is 6.07 Å². The third kappa shape index (κ3) is 4.68. The van der Waals surface area contributed by atoms with Gasteiger partial charge in [-0.15, -0.1) is 0 Å². The highest BCUT2D eigenvalue weighted by Crippen LogP contribution is 2.25. The number of hydrogen-bond donors (Lipinski definition) is 2. The zero-order chi connectivity index (χ0) is 18.4. The van der Waals surface area contributed by atoms with Crippen molar-refractivity contribution in [1.82, 2.24) is 4.98 Å². The van der Waals surface area contributed by atoms with Crippen LogP contribution in [-0.4, -0.2) is 17.5 Å². The lowest BCUT2D eigenvalue weighted by Gasteiger charge is -2.18. The summed E-state index contributed by atoms with van der Waals surface area (Å²) in [5, 5.41) is 2.57. The molecule has 3 rings (SSSR count). The molecule has 0 spiro atoms. The molecule has 0 radical (unpaired) electrons. The number of pyridine rings is 1. The van der Waals surface area contributed by atoms with Crippen molar-refractivity contribution >= 4 is 27.5 Å². The lowest BCUT2D eigenvalue weighted by Crippen LogP contribution is -2.24. The number of halogens is 1. The van der Waals surface area contributed by atoms with Crippen molar-refractivity contribution in [2.75, 3.05) is 11.9 Å². The minimum Gasteiger partial charge on any atom is -0.359 e. The molecule has 132 valence electrons. The monoisotopic (exact) mass is 412 g/mol. The Hall–Kier alpha value is -2.70. The summed E-state index contributed by atoms with van der Waals surface area (Å²) in [6, 6.07) is 20.9. The summed E-state index contributed by atoms with van der Waals surface area (Å²) in [7, 11) is 0. The maximum absolute atomic E-state index is 12.2. The number of carbonyl (C=O) groups excluding carboxylic acids is 1. The normalized spacial score (nSPS) is 10.7. The van der Waals surface area contributed by atoms with Gasteiger partial charge in [-0.1, -0.05) is 60.7 Å². The quantitative estimate of drug-likeness (QED) is 0.645. The zero-order valence-corrected chi connectivity index (χ0v) is 15.4. The fraction of sp³-hybridized carbons (Fsp3) is 0.100. The minimum absolute atomic E-state index is 0.170. The number of benzene rings is 2. The van der Waals surface area contributed by atoms with Gasteiger partial charge in [-0.25, -0.2) is 0 Å². The average Bonchev–Trinajstić information content (AvgIpc) is 2.67. The van der Waals surface area contributed by atoms with Crippen molar-refractivity contribution in [3.63, 3.8) is 0 Å². The van der Waals surface area contributed by atoms with Crippen LogP contribution in [0.15, 0.2) is 82.2 Å². The lowest BCUT2D eigenvalue weighted by atomic mass is 10.0. The van der Waals surface area contributed by atoms with E-state index < -0.39 is 5.91 Å². The molecule has 0 saturated heterocycles. The van der Waals surface area contributed by atoms with Crippen LogP contribution in [-0.2, 0) is 9.53 Å². The molecular formula is C20H17BrN2O3. The Morgan fingerprint density at radius 2 is 1.62 bits per heavy atom. The lowest BCUT2D eigenvalue weighted by molar-refractivity contribution is -0.121. The van der Waals surface area contributed by atoms with Gasteiger partial charge in [0.1, 0.15) is 18.4 Å². The summed E-state index contributed by atoms with van der Waals surface area (Å²) in [4.78, 5) is 26.5. The van der Waals surface area contributed by atoms with Crippen LogP contribution < -0.4 is 10.9 Å². The van der Waals surface area contributed by atoms with E-state index in [-0.39, 0.29) is 24.0 Å². The Labute approximate surface area is 159 Å². The van der Waals surface area contributed by atoms with Crippen molar-refractivity contribution in [2.24, 2.45) is 0 Å². The van der Waals surface area contributed by atoms with Crippen molar-refractivity contribution in [1.29, 1.82) is 0 Å². The molecule has 0 aliphatic heterocycles. The maximum Gasteiger partial charge on any atom is 0.271 e. The van der Waals surface area contributed by atoms with Gasteiger partial charge in [-0.3, -0.25) is 9.59 Å². The summed E-state index contributed by atoms with van der Waals surface area (Å²) in [6.45, 7) is -0.180. The number of amides is 1. The van der Waals surface area contributed by atoms with Gasteiger partial charge in [-0.05, 0) is 33.1 Å². The van der Waals surface area contributed by atoms with Crippen LogP contribution in [0.5, 0.6) is 0 Å². The highest BCUT2D eigenvalue weighted by molar-refractivity contribution is 9.10. The third-order valence-electron chi connectivity index (χ3n) is 3.73. The maximum atomic E-state index is 12.2. The molecule has 5 nitrogen and oxygen atoms in total. The Morgan fingerprint density at radius 1 is 1.04 bits per heavy atom. The van der Waals surface area contributed by atoms with E-state index in [0.29, 0.717) is 4.47 Å². The van der Waals surface area contributed by atoms with E-state index in [4.69, 9.17) is 4.74 Å². The SMILES string of the molecule is O=C(COC(c1ccccc1)c1ccccc1)Nc1cc(Br)c[nH]c1=O. The fourth-order valence-electron chi connectivity index (χ4n) is 2.54. The number of nitrogens with one attached hydrogen (secondary N) is 2. The Kier molecular flexibility index (Phi) is 5.99. The van der Waals surface area contributed by atoms with Crippen LogP contribution in [0.25, 0.3) is 0 Å². The van der Waals surface area contributed by atoms with Crippen molar-refractivity contribution < 1.29 is 9.53 Å². The molecule has 0 bridgehead atoms. The molecule has 0 saturated carbocycles. The second-order valence-corrected chi connectivity index (χ2v) is 6.54. The van der Waals surface area contributed by atoms with Gasteiger partial charge >= 0.3 is 0 Å². The van der Waals surface area contributed by atoms with Crippen LogP contribution in [0.1, 0.15) is 17.2 Å². The second kappa shape index (κ2) is 8.60. The number of carbonyl (C=O) groups is 1. The van der Waals surface area contributed by atoms with Gasteiger partial charge in [0.25, 0.3) is 11.5 Å². The largest absolute Gasteiger partial charge is 0.359 e. The molecule has 1 aromatic heterocycles. The Balaban J connectivity index is 1.73. The molecule has 0 atom stereocenters. The molecule has 0 aliphatic rings. The highest BCUT2D eigenvalue weighted by atomic mass is 79.9. The van der Waals surface area contributed by atoms with Gasteiger partial charge in [0, 0.05) is 10.7 Å². The minimum atomic E-state index is -0.398. The van der Waals surface area contributed by atoms with Gasteiger partial charge in [0.15, 0.2) is 0 Å². The van der Waals surface area contributed by atoms with Crippen LogP contribution in [0.4, 0.5) is 5.69 Å². The molecule has 0 unspecified atom stereocenters. The number of rotatable bonds is 6. The number of ether oxygens (including phenoxy) is 1. The topological polar surface area (TPSA) is 71.2 Å². The smallest absolute Gasteiger partial charge is 0.271 e. The van der Waals surface area contributed by atoms with Crippen molar-refractivity contribution in [3.05, 3.63) is 98.9 Å². The zero-order valence-electron chi connectivity index (χ0n) is 13.8. The summed E-state index contributed by atoms with van der Waals surface area (Å²) in [6.07, 6.45) is 1.14. The summed E-state index contributed by atoms with van der Waals surface area (Å²) >= 11 is 3.26. The van der Waals surface area contributed by atoms with Gasteiger partial charge < -0.3 is 15.0 Å². The molecule has 3 aromatic rings. The second-order valence-electron chi connectivity index (χ2n) is 5.62. The first-order valence-electron chi connectivity index (χ1n) is 8.03. The summed E-state index contributed by atoms with van der Waals surface area (Å²) in [5.41, 5.74) is 1.70. The fourth-order valence-corrected chi connectivity index (χ4v) is 2.88. The van der Waals surface area contributed by atoms with Crippen LogP contribution in [0.2, 0.25) is 0 Å². The summed E-state index contributed by atoms with van der Waals surface area (Å²) < 4.78 is 6.55. The number of H-pyrrole nitrogens is 1. The van der Waals surface area contributed by atoms with E-state index in [1.165, 1.54) is 6.20 Å². The number of aromatic amines is 1. The molecular weight excluding hydrogens is 396 g/mol. The molecule has 0 fully saturated rings. The number of hydrogen-bond acceptors (Lipinski definition) is 3. The first-order valence-corrected chi connectivity index (χ1v) is 8.82. The first kappa shape index (κ1) is 18.1. The Morgan fingerprint density at radius 3 is 2.19 bits per heavy atom. The standard InChI is InChI=1S/C20H17BrN2O3/c21-16-11-17(20(25)22-12-16)23-18(24)13-26-19(14-7-3-1-4-8-14)15-9-5-2-6-10-15/h1-12,19H,13H2,(H,22,25)(H,23,24). The van der Waals surface area contributed by atoms with Crippen molar-refractivity contribution in [2.45, 2.75) is 6.10 Å².